The Morgan fingerprint density at radius 3 is 2.89 bits per heavy atom. The van der Waals surface area contributed by atoms with Crippen molar-refractivity contribution in [2.45, 2.75) is 13.3 Å². The third-order valence-electron chi connectivity index (χ3n) is 2.56. The number of hydrogen-bond acceptors (Lipinski definition) is 3. The maximum Gasteiger partial charge on any atom is 0.216 e. The Morgan fingerprint density at radius 2 is 2.11 bits per heavy atom. The van der Waals surface area contributed by atoms with Crippen LogP contribution in [-0.4, -0.2) is 25.7 Å². The van der Waals surface area contributed by atoms with Gasteiger partial charge in [-0.1, -0.05) is 18.2 Å². The molecular formula is C14H17NO3. The Kier molecular flexibility index (Phi) is 4.23. The van der Waals surface area contributed by atoms with Crippen LogP contribution < -0.4 is 14.8 Å². The van der Waals surface area contributed by atoms with Crippen molar-refractivity contribution >= 4 is 12.0 Å². The summed E-state index contributed by atoms with van der Waals surface area (Å²) < 4.78 is 11.0. The van der Waals surface area contributed by atoms with Crippen LogP contribution in [0, 0.1) is 0 Å². The maximum absolute atomic E-state index is 10.7. The van der Waals surface area contributed by atoms with E-state index in [1.165, 1.54) is 6.92 Å². The maximum atomic E-state index is 10.7. The highest BCUT2D eigenvalue weighted by Gasteiger charge is 2.10. The number of carbonyl (C=O) groups is 1. The molecule has 1 heterocycles. The first kappa shape index (κ1) is 12.5. The van der Waals surface area contributed by atoms with Gasteiger partial charge in [0.1, 0.15) is 13.2 Å². The van der Waals surface area contributed by atoms with Crippen LogP contribution in [0.4, 0.5) is 0 Å². The van der Waals surface area contributed by atoms with E-state index in [2.05, 4.69) is 5.32 Å². The number of rotatable bonds is 4. The molecule has 0 fully saturated rings. The molecule has 18 heavy (non-hydrogen) atoms. The predicted octanol–water partition coefficient (Wildman–Crippen LogP) is 2.00. The monoisotopic (exact) mass is 247 g/mol. The Labute approximate surface area is 107 Å². The van der Waals surface area contributed by atoms with Gasteiger partial charge in [0.2, 0.25) is 5.91 Å². The minimum Gasteiger partial charge on any atom is -0.486 e. The van der Waals surface area contributed by atoms with E-state index in [4.69, 9.17) is 9.47 Å². The second-order valence-corrected chi connectivity index (χ2v) is 4.08. The number of amides is 1. The molecule has 0 aliphatic carbocycles. The summed E-state index contributed by atoms with van der Waals surface area (Å²) >= 11 is 0. The fraction of sp³-hybridized carbons (Fsp3) is 0.357. The van der Waals surface area contributed by atoms with Gasteiger partial charge in [-0.05, 0) is 24.1 Å². The number of benzene rings is 1. The summed E-state index contributed by atoms with van der Waals surface area (Å²) in [6.07, 6.45) is 4.86. The van der Waals surface area contributed by atoms with E-state index in [9.17, 15) is 4.79 Å². The second-order valence-electron chi connectivity index (χ2n) is 4.08. The molecule has 0 atom stereocenters. The van der Waals surface area contributed by atoms with Crippen LogP contribution in [0.3, 0.4) is 0 Å². The van der Waals surface area contributed by atoms with Crippen LogP contribution in [0.5, 0.6) is 11.5 Å². The lowest BCUT2D eigenvalue weighted by Crippen LogP contribution is -2.20. The van der Waals surface area contributed by atoms with E-state index in [1.54, 1.807) is 0 Å². The van der Waals surface area contributed by atoms with Crippen molar-refractivity contribution in [3.8, 4) is 11.5 Å². The molecule has 0 spiro atoms. The number of nitrogens with one attached hydrogen (secondary N) is 1. The molecular weight excluding hydrogens is 230 g/mol. The zero-order valence-electron chi connectivity index (χ0n) is 10.4. The van der Waals surface area contributed by atoms with Gasteiger partial charge in [-0.2, -0.15) is 0 Å². The van der Waals surface area contributed by atoms with Gasteiger partial charge in [-0.15, -0.1) is 0 Å². The Morgan fingerprint density at radius 1 is 1.33 bits per heavy atom. The van der Waals surface area contributed by atoms with Crippen molar-refractivity contribution in [3.05, 3.63) is 29.8 Å². The van der Waals surface area contributed by atoms with E-state index < -0.39 is 0 Å². The van der Waals surface area contributed by atoms with Crippen LogP contribution in [0.15, 0.2) is 24.3 Å². The summed E-state index contributed by atoms with van der Waals surface area (Å²) in [5, 5.41) is 2.75. The van der Waals surface area contributed by atoms with E-state index in [0.29, 0.717) is 19.8 Å². The molecule has 1 aliphatic heterocycles. The molecule has 1 aromatic rings. The molecule has 2 rings (SSSR count). The third-order valence-corrected chi connectivity index (χ3v) is 2.56. The summed E-state index contributed by atoms with van der Waals surface area (Å²) in [7, 11) is 0. The molecule has 4 heteroatoms. The van der Waals surface area contributed by atoms with Crippen LogP contribution in [-0.2, 0) is 4.79 Å². The average Bonchev–Trinajstić information content (AvgIpc) is 2.38. The SMILES string of the molecule is CC(=O)NCCC=Cc1ccc2c(c1)OCCO2. The first-order valence-electron chi connectivity index (χ1n) is 6.06. The standard InChI is InChI=1S/C14H17NO3/c1-11(16)15-7-3-2-4-12-5-6-13-14(10-12)18-9-8-17-13/h2,4-6,10H,3,7-9H2,1H3,(H,15,16). The molecule has 0 saturated carbocycles. The fourth-order valence-corrected chi connectivity index (χ4v) is 1.71. The molecule has 1 aromatic carbocycles. The van der Waals surface area contributed by atoms with Gasteiger partial charge in [-0.25, -0.2) is 0 Å². The zero-order chi connectivity index (χ0) is 12.8. The molecule has 1 N–H and O–H groups in total. The summed E-state index contributed by atoms with van der Waals surface area (Å²) in [5.74, 6) is 1.60. The van der Waals surface area contributed by atoms with Crippen molar-refractivity contribution in [3.63, 3.8) is 0 Å². The molecule has 1 aliphatic rings. The predicted molar refractivity (Wildman–Crippen MR) is 69.8 cm³/mol. The summed E-state index contributed by atoms with van der Waals surface area (Å²) in [4.78, 5) is 10.7. The van der Waals surface area contributed by atoms with Gasteiger partial charge in [-0.3, -0.25) is 4.79 Å². The van der Waals surface area contributed by atoms with Crippen LogP contribution >= 0.6 is 0 Å². The van der Waals surface area contributed by atoms with E-state index >= 15 is 0 Å². The molecule has 0 aromatic heterocycles. The molecule has 0 saturated heterocycles. The third kappa shape index (κ3) is 3.52. The molecule has 1 amide bonds. The van der Waals surface area contributed by atoms with Gasteiger partial charge < -0.3 is 14.8 Å². The topological polar surface area (TPSA) is 47.6 Å². The number of ether oxygens (including phenoxy) is 2. The number of hydrogen-bond donors (Lipinski definition) is 1. The largest absolute Gasteiger partial charge is 0.486 e. The first-order valence-corrected chi connectivity index (χ1v) is 6.06. The van der Waals surface area contributed by atoms with Crippen molar-refractivity contribution in [2.75, 3.05) is 19.8 Å². The van der Waals surface area contributed by atoms with Crippen molar-refractivity contribution in [1.82, 2.24) is 5.32 Å². The molecule has 0 radical (unpaired) electrons. The lowest BCUT2D eigenvalue weighted by Gasteiger charge is -2.18. The minimum atomic E-state index is 0.00253. The number of fused-ring (bicyclic) bond motifs is 1. The Bertz CT molecular complexity index is 454. The Hall–Kier alpha value is -1.97. The quantitative estimate of drug-likeness (QED) is 0.828. The fourth-order valence-electron chi connectivity index (χ4n) is 1.71. The van der Waals surface area contributed by atoms with Crippen molar-refractivity contribution in [2.24, 2.45) is 0 Å². The molecule has 0 bridgehead atoms. The highest BCUT2D eigenvalue weighted by atomic mass is 16.6. The van der Waals surface area contributed by atoms with Gasteiger partial charge in [0.15, 0.2) is 11.5 Å². The van der Waals surface area contributed by atoms with Crippen molar-refractivity contribution < 1.29 is 14.3 Å². The summed E-state index contributed by atoms with van der Waals surface area (Å²) in [6, 6.07) is 5.87. The first-order chi connectivity index (χ1) is 8.75. The summed E-state index contributed by atoms with van der Waals surface area (Å²) in [5.41, 5.74) is 1.07. The second kappa shape index (κ2) is 6.10. The average molecular weight is 247 g/mol. The minimum absolute atomic E-state index is 0.00253. The van der Waals surface area contributed by atoms with E-state index in [-0.39, 0.29) is 5.91 Å². The zero-order valence-corrected chi connectivity index (χ0v) is 10.4. The highest BCUT2D eigenvalue weighted by molar-refractivity contribution is 5.72. The molecule has 96 valence electrons. The van der Waals surface area contributed by atoms with Crippen molar-refractivity contribution in [1.29, 1.82) is 0 Å². The lowest BCUT2D eigenvalue weighted by atomic mass is 10.1. The van der Waals surface area contributed by atoms with E-state index in [1.807, 2.05) is 30.4 Å². The normalized spacial score (nSPS) is 13.6. The van der Waals surface area contributed by atoms with Crippen LogP contribution in [0.1, 0.15) is 18.9 Å². The van der Waals surface area contributed by atoms with Gasteiger partial charge in [0.05, 0.1) is 0 Å². The van der Waals surface area contributed by atoms with Crippen LogP contribution in [0.2, 0.25) is 0 Å². The number of carbonyl (C=O) groups excluding carboxylic acids is 1. The van der Waals surface area contributed by atoms with Gasteiger partial charge in [0, 0.05) is 13.5 Å². The highest BCUT2D eigenvalue weighted by Crippen LogP contribution is 2.31. The van der Waals surface area contributed by atoms with Gasteiger partial charge >= 0.3 is 0 Å². The Balaban J connectivity index is 1.89. The van der Waals surface area contributed by atoms with Gasteiger partial charge in [0.25, 0.3) is 0 Å². The van der Waals surface area contributed by atoms with E-state index in [0.717, 1.165) is 23.5 Å². The van der Waals surface area contributed by atoms with Crippen LogP contribution in [0.25, 0.3) is 6.08 Å². The molecule has 4 nitrogen and oxygen atoms in total. The summed E-state index contributed by atoms with van der Waals surface area (Å²) in [6.45, 7) is 3.39. The smallest absolute Gasteiger partial charge is 0.216 e. The lowest BCUT2D eigenvalue weighted by molar-refractivity contribution is -0.118. The molecule has 0 unspecified atom stereocenters.